The highest BCUT2D eigenvalue weighted by molar-refractivity contribution is 8.76. The standard InChI is InChI=1S/C10H20N2O4S2/c1-11-8(9(13)15-3)7-18-17-6-5-12(2)10(14)16-4/h8,11H,5-7H2,1-4H3. The van der Waals surface area contributed by atoms with E-state index in [9.17, 15) is 9.59 Å². The van der Waals surface area contributed by atoms with E-state index < -0.39 is 0 Å². The molecule has 1 N–H and O–H groups in total. The average molecular weight is 296 g/mol. The van der Waals surface area contributed by atoms with Crippen molar-refractivity contribution in [2.75, 3.05) is 46.4 Å². The highest BCUT2D eigenvalue weighted by Gasteiger charge is 2.16. The number of carbonyl (C=O) groups is 2. The molecule has 0 aromatic carbocycles. The van der Waals surface area contributed by atoms with E-state index in [1.165, 1.54) is 19.1 Å². The van der Waals surface area contributed by atoms with Crippen LogP contribution in [0, 0.1) is 0 Å². The number of hydrogen-bond donors (Lipinski definition) is 1. The van der Waals surface area contributed by atoms with Gasteiger partial charge in [-0.25, -0.2) is 4.79 Å². The molecule has 0 heterocycles. The Kier molecular flexibility index (Phi) is 9.99. The van der Waals surface area contributed by atoms with Crippen molar-refractivity contribution in [1.82, 2.24) is 10.2 Å². The van der Waals surface area contributed by atoms with Crippen molar-refractivity contribution in [2.45, 2.75) is 6.04 Å². The Morgan fingerprint density at radius 3 is 2.44 bits per heavy atom. The lowest BCUT2D eigenvalue weighted by Gasteiger charge is -2.15. The van der Waals surface area contributed by atoms with Gasteiger partial charge in [-0.2, -0.15) is 0 Å². The summed E-state index contributed by atoms with van der Waals surface area (Å²) in [6.45, 7) is 0.604. The summed E-state index contributed by atoms with van der Waals surface area (Å²) >= 11 is 0. The second kappa shape index (κ2) is 10.3. The van der Waals surface area contributed by atoms with Gasteiger partial charge in [-0.05, 0) is 7.05 Å². The number of amides is 1. The SMILES string of the molecule is CNC(CSSCCN(C)C(=O)OC)C(=O)OC. The van der Waals surface area contributed by atoms with Gasteiger partial charge in [0, 0.05) is 25.1 Å². The van der Waals surface area contributed by atoms with E-state index in [1.54, 1.807) is 35.7 Å². The van der Waals surface area contributed by atoms with Crippen molar-refractivity contribution in [1.29, 1.82) is 0 Å². The van der Waals surface area contributed by atoms with Crippen LogP contribution in [0.5, 0.6) is 0 Å². The van der Waals surface area contributed by atoms with Gasteiger partial charge in [0.15, 0.2) is 0 Å². The first-order valence-electron chi connectivity index (χ1n) is 5.35. The van der Waals surface area contributed by atoms with Crippen molar-refractivity contribution < 1.29 is 19.1 Å². The van der Waals surface area contributed by atoms with Crippen molar-refractivity contribution >= 4 is 33.7 Å². The molecule has 0 rings (SSSR count). The summed E-state index contributed by atoms with van der Waals surface area (Å²) in [7, 11) is 9.30. The third-order valence-corrected chi connectivity index (χ3v) is 4.54. The average Bonchev–Trinajstić information content (AvgIpc) is 2.40. The van der Waals surface area contributed by atoms with Crippen LogP contribution in [0.15, 0.2) is 0 Å². The molecule has 0 fully saturated rings. The molecule has 1 amide bonds. The van der Waals surface area contributed by atoms with Gasteiger partial charge in [-0.1, -0.05) is 21.6 Å². The fourth-order valence-electron chi connectivity index (χ4n) is 1.01. The summed E-state index contributed by atoms with van der Waals surface area (Å²) in [6, 6.07) is -0.300. The van der Waals surface area contributed by atoms with E-state index >= 15 is 0 Å². The molecular formula is C10H20N2O4S2. The number of rotatable bonds is 8. The van der Waals surface area contributed by atoms with Crippen LogP contribution in [0.4, 0.5) is 4.79 Å². The highest BCUT2D eigenvalue weighted by Crippen LogP contribution is 2.22. The molecule has 0 bridgehead atoms. The van der Waals surface area contributed by atoms with Gasteiger partial charge in [0.1, 0.15) is 6.04 Å². The number of hydrogen-bond acceptors (Lipinski definition) is 7. The molecule has 0 aromatic heterocycles. The quantitative estimate of drug-likeness (QED) is 0.404. The van der Waals surface area contributed by atoms with E-state index in [0.29, 0.717) is 12.3 Å². The van der Waals surface area contributed by atoms with Crippen LogP contribution in [-0.4, -0.2) is 69.4 Å². The maximum absolute atomic E-state index is 11.3. The lowest BCUT2D eigenvalue weighted by Crippen LogP contribution is -2.37. The van der Waals surface area contributed by atoms with Crippen LogP contribution in [0.2, 0.25) is 0 Å². The number of methoxy groups -OCH3 is 2. The Labute approximate surface area is 116 Å². The zero-order valence-corrected chi connectivity index (χ0v) is 12.7. The second-order valence-electron chi connectivity index (χ2n) is 3.36. The Hall–Kier alpha value is -0.600. The summed E-state index contributed by atoms with van der Waals surface area (Å²) in [4.78, 5) is 23.8. The zero-order chi connectivity index (χ0) is 14.0. The van der Waals surface area contributed by atoms with Crippen LogP contribution in [0.1, 0.15) is 0 Å². The molecule has 1 unspecified atom stereocenters. The fourth-order valence-corrected chi connectivity index (χ4v) is 3.28. The van der Waals surface area contributed by atoms with Crippen molar-refractivity contribution in [3.8, 4) is 0 Å². The maximum Gasteiger partial charge on any atom is 0.409 e. The van der Waals surface area contributed by atoms with Gasteiger partial charge in [0.05, 0.1) is 14.2 Å². The number of esters is 1. The smallest absolute Gasteiger partial charge is 0.409 e. The molecule has 0 radical (unpaired) electrons. The van der Waals surface area contributed by atoms with Crippen molar-refractivity contribution in [3.63, 3.8) is 0 Å². The third-order valence-electron chi connectivity index (χ3n) is 2.15. The molecule has 0 aromatic rings. The lowest BCUT2D eigenvalue weighted by atomic mass is 10.3. The predicted molar refractivity (Wildman–Crippen MR) is 74.8 cm³/mol. The number of nitrogens with one attached hydrogen (secondary N) is 1. The van der Waals surface area contributed by atoms with Gasteiger partial charge >= 0.3 is 12.1 Å². The summed E-state index contributed by atoms with van der Waals surface area (Å²) in [6.07, 6.45) is -0.344. The molecule has 0 saturated heterocycles. The van der Waals surface area contributed by atoms with Crippen LogP contribution in [0.25, 0.3) is 0 Å². The third kappa shape index (κ3) is 6.97. The molecule has 0 aliphatic heterocycles. The van der Waals surface area contributed by atoms with Crippen molar-refractivity contribution in [2.24, 2.45) is 0 Å². The normalized spacial score (nSPS) is 11.8. The van der Waals surface area contributed by atoms with Crippen molar-refractivity contribution in [3.05, 3.63) is 0 Å². The topological polar surface area (TPSA) is 67.9 Å². The molecule has 18 heavy (non-hydrogen) atoms. The lowest BCUT2D eigenvalue weighted by molar-refractivity contribution is -0.142. The van der Waals surface area contributed by atoms with Crippen LogP contribution in [0.3, 0.4) is 0 Å². The minimum atomic E-state index is -0.344. The molecule has 0 aliphatic rings. The Balaban J connectivity index is 3.67. The Morgan fingerprint density at radius 1 is 1.28 bits per heavy atom. The van der Waals surface area contributed by atoms with E-state index in [-0.39, 0.29) is 18.1 Å². The Morgan fingerprint density at radius 2 is 1.94 bits per heavy atom. The fraction of sp³-hybridized carbons (Fsp3) is 0.800. The number of carbonyl (C=O) groups excluding carboxylic acids is 2. The zero-order valence-electron chi connectivity index (χ0n) is 11.1. The summed E-state index contributed by atoms with van der Waals surface area (Å²) in [5.74, 6) is 1.13. The van der Waals surface area contributed by atoms with Crippen LogP contribution < -0.4 is 5.32 Å². The minimum absolute atomic E-state index is 0.266. The highest BCUT2D eigenvalue weighted by atomic mass is 33.1. The predicted octanol–water partition coefficient (Wildman–Crippen LogP) is 0.827. The van der Waals surface area contributed by atoms with Gasteiger partial charge in [0.2, 0.25) is 0 Å². The number of ether oxygens (including phenoxy) is 2. The summed E-state index contributed by atoms with van der Waals surface area (Å²) < 4.78 is 9.22. The van der Waals surface area contributed by atoms with E-state index in [4.69, 9.17) is 0 Å². The largest absolute Gasteiger partial charge is 0.468 e. The summed E-state index contributed by atoms with van der Waals surface area (Å²) in [5.41, 5.74) is 0. The Bertz CT molecular complexity index is 266. The van der Waals surface area contributed by atoms with Crippen LogP contribution >= 0.6 is 21.6 Å². The first-order valence-corrected chi connectivity index (χ1v) is 7.84. The second-order valence-corrected chi connectivity index (χ2v) is 5.99. The molecule has 0 aliphatic carbocycles. The molecule has 0 spiro atoms. The van der Waals surface area contributed by atoms with Gasteiger partial charge in [0.25, 0.3) is 0 Å². The monoisotopic (exact) mass is 296 g/mol. The number of nitrogens with zero attached hydrogens (tertiary/aromatic N) is 1. The molecule has 1 atom stereocenters. The molecule has 8 heteroatoms. The first-order chi connectivity index (χ1) is 8.56. The van der Waals surface area contributed by atoms with Gasteiger partial charge in [-0.3, -0.25) is 4.79 Å². The van der Waals surface area contributed by atoms with E-state index in [0.717, 1.165) is 5.75 Å². The first kappa shape index (κ1) is 17.4. The number of likely N-dealkylation sites (N-methyl/N-ethyl adjacent to an activating group) is 1. The van der Waals surface area contributed by atoms with E-state index in [2.05, 4.69) is 14.8 Å². The van der Waals surface area contributed by atoms with Gasteiger partial charge < -0.3 is 19.7 Å². The summed E-state index contributed by atoms with van der Waals surface area (Å²) in [5, 5.41) is 2.89. The van der Waals surface area contributed by atoms with Gasteiger partial charge in [-0.15, -0.1) is 0 Å². The minimum Gasteiger partial charge on any atom is -0.468 e. The molecule has 106 valence electrons. The molecular weight excluding hydrogens is 276 g/mol. The van der Waals surface area contributed by atoms with E-state index in [1.807, 2.05) is 0 Å². The molecule has 6 nitrogen and oxygen atoms in total. The van der Waals surface area contributed by atoms with Crippen LogP contribution in [-0.2, 0) is 14.3 Å². The molecule has 0 saturated carbocycles. The maximum atomic E-state index is 11.3.